The second-order valence-corrected chi connectivity index (χ2v) is 7.92. The van der Waals surface area contributed by atoms with E-state index < -0.39 is 6.04 Å². The number of hydrogen-bond acceptors (Lipinski definition) is 3. The Hall–Kier alpha value is -2.36. The fraction of sp³-hybridized carbons (Fsp3) is 0.478. The number of carbonyl (C=O) groups excluding carboxylic acids is 2. The standard InChI is InChI=1S/C23H31NO3/c1-16(2)12-13-22(25)24-21(23(26)27-15-17(3)4)14-19-10-7-9-18-8-5-6-11-20(18)19/h5-11,16-17,21H,12-15H2,1-4H3,(H,24,25). The van der Waals surface area contributed by atoms with Crippen molar-refractivity contribution in [3.8, 4) is 0 Å². The molecule has 0 spiro atoms. The number of benzene rings is 2. The van der Waals surface area contributed by atoms with Crippen LogP contribution in [0.3, 0.4) is 0 Å². The normalized spacial score (nSPS) is 12.4. The van der Waals surface area contributed by atoms with Crippen molar-refractivity contribution in [1.82, 2.24) is 5.32 Å². The van der Waals surface area contributed by atoms with E-state index in [0.717, 1.165) is 22.8 Å². The molecule has 0 aliphatic heterocycles. The van der Waals surface area contributed by atoms with E-state index in [2.05, 4.69) is 19.2 Å². The Kier molecular flexibility index (Phi) is 7.83. The van der Waals surface area contributed by atoms with Gasteiger partial charge >= 0.3 is 5.97 Å². The van der Waals surface area contributed by atoms with E-state index in [1.165, 1.54) is 0 Å². The summed E-state index contributed by atoms with van der Waals surface area (Å²) in [6, 6.07) is 13.4. The summed E-state index contributed by atoms with van der Waals surface area (Å²) in [5, 5.41) is 5.11. The number of esters is 1. The maximum atomic E-state index is 12.6. The van der Waals surface area contributed by atoms with Crippen molar-refractivity contribution in [2.45, 2.75) is 53.0 Å². The molecule has 0 fully saturated rings. The summed E-state index contributed by atoms with van der Waals surface area (Å²) in [6.45, 7) is 8.50. The Morgan fingerprint density at radius 2 is 1.67 bits per heavy atom. The lowest BCUT2D eigenvalue weighted by atomic mass is 9.98. The van der Waals surface area contributed by atoms with Crippen LogP contribution >= 0.6 is 0 Å². The predicted molar refractivity (Wildman–Crippen MR) is 109 cm³/mol. The minimum absolute atomic E-state index is 0.101. The lowest BCUT2D eigenvalue weighted by Crippen LogP contribution is -2.43. The van der Waals surface area contributed by atoms with Crippen LogP contribution in [0.5, 0.6) is 0 Å². The molecule has 0 radical (unpaired) electrons. The lowest BCUT2D eigenvalue weighted by molar-refractivity contribution is -0.148. The first kappa shape index (κ1) is 20.9. The lowest BCUT2D eigenvalue weighted by Gasteiger charge is -2.20. The molecule has 2 rings (SSSR count). The Labute approximate surface area is 162 Å². The van der Waals surface area contributed by atoms with Gasteiger partial charge in [-0.15, -0.1) is 0 Å². The van der Waals surface area contributed by atoms with E-state index >= 15 is 0 Å². The molecule has 1 N–H and O–H groups in total. The topological polar surface area (TPSA) is 55.4 Å². The van der Waals surface area contributed by atoms with Gasteiger partial charge in [-0.25, -0.2) is 4.79 Å². The van der Waals surface area contributed by atoms with Gasteiger partial charge in [-0.3, -0.25) is 4.79 Å². The van der Waals surface area contributed by atoms with Crippen LogP contribution in [-0.2, 0) is 20.7 Å². The fourth-order valence-corrected chi connectivity index (χ4v) is 2.92. The molecule has 0 bridgehead atoms. The van der Waals surface area contributed by atoms with E-state index in [1.54, 1.807) is 0 Å². The molecule has 4 nitrogen and oxygen atoms in total. The maximum absolute atomic E-state index is 12.6. The molecule has 0 aromatic heterocycles. The molecule has 0 aliphatic carbocycles. The summed E-state index contributed by atoms with van der Waals surface area (Å²) in [5.74, 6) is 0.230. The van der Waals surface area contributed by atoms with Crippen LogP contribution in [0.25, 0.3) is 10.8 Å². The third-order valence-corrected chi connectivity index (χ3v) is 4.43. The Morgan fingerprint density at radius 1 is 0.963 bits per heavy atom. The molecule has 4 heteroatoms. The van der Waals surface area contributed by atoms with Crippen LogP contribution in [0.4, 0.5) is 0 Å². The van der Waals surface area contributed by atoms with Gasteiger partial charge < -0.3 is 10.1 Å². The minimum Gasteiger partial charge on any atom is -0.464 e. The van der Waals surface area contributed by atoms with Crippen molar-refractivity contribution in [3.05, 3.63) is 48.0 Å². The molecular weight excluding hydrogens is 338 g/mol. The van der Waals surface area contributed by atoms with Gasteiger partial charge in [0.2, 0.25) is 5.91 Å². The van der Waals surface area contributed by atoms with Crippen LogP contribution < -0.4 is 5.32 Å². The van der Waals surface area contributed by atoms with Crippen LogP contribution in [0.1, 0.15) is 46.1 Å². The molecular formula is C23H31NO3. The zero-order valence-corrected chi connectivity index (χ0v) is 16.8. The van der Waals surface area contributed by atoms with Crippen molar-refractivity contribution < 1.29 is 14.3 Å². The van der Waals surface area contributed by atoms with E-state index in [9.17, 15) is 9.59 Å². The van der Waals surface area contributed by atoms with Crippen LogP contribution in [0, 0.1) is 11.8 Å². The predicted octanol–water partition coefficient (Wildman–Crippen LogP) is 4.50. The number of nitrogens with one attached hydrogen (secondary N) is 1. The first-order valence-corrected chi connectivity index (χ1v) is 9.79. The van der Waals surface area contributed by atoms with Gasteiger partial charge in [0.15, 0.2) is 0 Å². The van der Waals surface area contributed by atoms with E-state index in [4.69, 9.17) is 4.74 Å². The molecule has 0 aliphatic rings. The highest BCUT2D eigenvalue weighted by Crippen LogP contribution is 2.20. The third-order valence-electron chi connectivity index (χ3n) is 4.43. The molecule has 1 atom stereocenters. The first-order valence-electron chi connectivity index (χ1n) is 9.79. The SMILES string of the molecule is CC(C)CCC(=O)NC(Cc1cccc2ccccc12)C(=O)OCC(C)C. The number of carbonyl (C=O) groups is 2. The molecule has 0 saturated carbocycles. The fourth-order valence-electron chi connectivity index (χ4n) is 2.92. The zero-order chi connectivity index (χ0) is 19.8. The number of hydrogen-bond donors (Lipinski definition) is 1. The Bertz CT molecular complexity index is 762. The number of rotatable bonds is 9. The number of fused-ring (bicyclic) bond motifs is 1. The van der Waals surface area contributed by atoms with Crippen molar-refractivity contribution in [2.24, 2.45) is 11.8 Å². The maximum Gasteiger partial charge on any atom is 0.328 e. The largest absolute Gasteiger partial charge is 0.464 e. The van der Waals surface area contributed by atoms with Crippen molar-refractivity contribution in [1.29, 1.82) is 0 Å². The number of ether oxygens (including phenoxy) is 1. The van der Waals surface area contributed by atoms with Crippen molar-refractivity contribution in [2.75, 3.05) is 6.61 Å². The Morgan fingerprint density at radius 3 is 2.37 bits per heavy atom. The van der Waals surface area contributed by atoms with E-state index in [-0.39, 0.29) is 17.8 Å². The second-order valence-electron chi connectivity index (χ2n) is 7.92. The summed E-state index contributed by atoms with van der Waals surface area (Å²) in [5.41, 5.74) is 1.03. The highest BCUT2D eigenvalue weighted by Gasteiger charge is 2.24. The summed E-state index contributed by atoms with van der Waals surface area (Å²) >= 11 is 0. The quantitative estimate of drug-likeness (QED) is 0.662. The molecule has 2 aromatic rings. The highest BCUT2D eigenvalue weighted by atomic mass is 16.5. The van der Waals surface area contributed by atoms with Gasteiger partial charge in [0, 0.05) is 12.8 Å². The van der Waals surface area contributed by atoms with Crippen LogP contribution in [0.15, 0.2) is 42.5 Å². The molecule has 1 amide bonds. The van der Waals surface area contributed by atoms with Gasteiger partial charge in [0.05, 0.1) is 6.61 Å². The highest BCUT2D eigenvalue weighted by molar-refractivity contribution is 5.88. The van der Waals surface area contributed by atoms with Crippen LogP contribution in [0.2, 0.25) is 0 Å². The summed E-state index contributed by atoms with van der Waals surface area (Å²) < 4.78 is 5.42. The Balaban J connectivity index is 2.17. The van der Waals surface area contributed by atoms with Crippen LogP contribution in [-0.4, -0.2) is 24.5 Å². The van der Waals surface area contributed by atoms with Crippen molar-refractivity contribution in [3.63, 3.8) is 0 Å². The smallest absolute Gasteiger partial charge is 0.328 e. The van der Waals surface area contributed by atoms with Gasteiger partial charge in [-0.2, -0.15) is 0 Å². The molecule has 146 valence electrons. The molecule has 0 saturated heterocycles. The summed E-state index contributed by atoms with van der Waals surface area (Å²) in [7, 11) is 0. The van der Waals surface area contributed by atoms with Gasteiger partial charge in [-0.05, 0) is 34.6 Å². The molecule has 0 heterocycles. The molecule has 1 unspecified atom stereocenters. The van der Waals surface area contributed by atoms with Gasteiger partial charge in [-0.1, -0.05) is 70.2 Å². The van der Waals surface area contributed by atoms with E-state index in [0.29, 0.717) is 25.4 Å². The second kappa shape index (κ2) is 10.1. The molecule has 27 heavy (non-hydrogen) atoms. The minimum atomic E-state index is -0.672. The summed E-state index contributed by atoms with van der Waals surface area (Å²) in [6.07, 6.45) is 1.64. The van der Waals surface area contributed by atoms with E-state index in [1.807, 2.05) is 56.3 Å². The molecule has 2 aromatic carbocycles. The van der Waals surface area contributed by atoms with Gasteiger partial charge in [0.1, 0.15) is 6.04 Å². The zero-order valence-electron chi connectivity index (χ0n) is 16.8. The third kappa shape index (κ3) is 6.70. The average Bonchev–Trinajstić information content (AvgIpc) is 2.64. The summed E-state index contributed by atoms with van der Waals surface area (Å²) in [4.78, 5) is 25.0. The van der Waals surface area contributed by atoms with Gasteiger partial charge in [0.25, 0.3) is 0 Å². The first-order chi connectivity index (χ1) is 12.9. The van der Waals surface area contributed by atoms with Crippen molar-refractivity contribution >= 4 is 22.6 Å². The monoisotopic (exact) mass is 369 g/mol. The number of amides is 1. The average molecular weight is 370 g/mol.